The van der Waals surface area contributed by atoms with Gasteiger partial charge in [-0.2, -0.15) is 0 Å². The number of rotatable bonds is 7. The predicted octanol–water partition coefficient (Wildman–Crippen LogP) is 2.41. The molecule has 2 amide bonds. The molecule has 0 aliphatic carbocycles. The second-order valence-corrected chi connectivity index (χ2v) is 5.75. The molecular formula is C19H23N3O3. The molecule has 0 aromatic heterocycles. The Bertz CT molecular complexity index is 727. The fourth-order valence-electron chi connectivity index (χ4n) is 2.24. The van der Waals surface area contributed by atoms with Crippen molar-refractivity contribution in [1.29, 1.82) is 0 Å². The van der Waals surface area contributed by atoms with Gasteiger partial charge in [-0.3, -0.25) is 9.59 Å². The minimum atomic E-state index is -0.293. The molecule has 0 bridgehead atoms. The average molecular weight is 341 g/mol. The first-order valence-electron chi connectivity index (χ1n) is 8.09. The summed E-state index contributed by atoms with van der Waals surface area (Å²) < 4.78 is 5.08. The van der Waals surface area contributed by atoms with Gasteiger partial charge in [-0.1, -0.05) is 12.1 Å². The molecule has 0 saturated carbocycles. The van der Waals surface area contributed by atoms with Gasteiger partial charge in [0.1, 0.15) is 5.75 Å². The summed E-state index contributed by atoms with van der Waals surface area (Å²) in [5, 5.41) is 5.59. The fraction of sp³-hybridized carbons (Fsp3) is 0.263. The van der Waals surface area contributed by atoms with E-state index in [9.17, 15) is 9.59 Å². The highest BCUT2D eigenvalue weighted by molar-refractivity contribution is 6.09. The number of methoxy groups -OCH3 is 1. The first kappa shape index (κ1) is 18.5. The lowest BCUT2D eigenvalue weighted by Gasteiger charge is -2.12. The quantitative estimate of drug-likeness (QED) is 0.721. The van der Waals surface area contributed by atoms with Crippen LogP contribution in [-0.2, 0) is 0 Å². The van der Waals surface area contributed by atoms with Gasteiger partial charge in [-0.15, -0.1) is 0 Å². The van der Waals surface area contributed by atoms with Gasteiger partial charge in [0.25, 0.3) is 11.8 Å². The predicted molar refractivity (Wildman–Crippen MR) is 98.0 cm³/mol. The summed E-state index contributed by atoms with van der Waals surface area (Å²) >= 11 is 0. The Labute approximate surface area is 147 Å². The normalized spacial score (nSPS) is 11.5. The lowest BCUT2D eigenvalue weighted by molar-refractivity contribution is 0.0953. The maximum Gasteiger partial charge on any atom is 0.255 e. The molecule has 0 heterocycles. The molecule has 1 unspecified atom stereocenters. The molecule has 6 heteroatoms. The van der Waals surface area contributed by atoms with Crippen molar-refractivity contribution in [2.75, 3.05) is 19.0 Å². The molecule has 2 rings (SSSR count). The molecule has 132 valence electrons. The molecule has 0 aliphatic heterocycles. The number of carbonyl (C=O) groups is 2. The van der Waals surface area contributed by atoms with Crippen molar-refractivity contribution >= 4 is 17.5 Å². The van der Waals surface area contributed by atoms with E-state index in [0.717, 1.165) is 0 Å². The van der Waals surface area contributed by atoms with Gasteiger partial charge < -0.3 is 21.1 Å². The van der Waals surface area contributed by atoms with E-state index in [-0.39, 0.29) is 17.9 Å². The van der Waals surface area contributed by atoms with Crippen LogP contribution >= 0.6 is 0 Å². The number of nitrogens with two attached hydrogens (primary N) is 1. The third-order valence-corrected chi connectivity index (χ3v) is 3.66. The molecule has 0 aliphatic rings. The molecule has 25 heavy (non-hydrogen) atoms. The van der Waals surface area contributed by atoms with E-state index in [1.807, 2.05) is 6.92 Å². The monoisotopic (exact) mass is 341 g/mol. The Morgan fingerprint density at radius 1 is 1.08 bits per heavy atom. The van der Waals surface area contributed by atoms with Gasteiger partial charge in [-0.25, -0.2) is 0 Å². The summed E-state index contributed by atoms with van der Waals surface area (Å²) in [4.78, 5) is 24.7. The minimum Gasteiger partial charge on any atom is -0.497 e. The van der Waals surface area contributed by atoms with Crippen molar-refractivity contribution in [3.05, 3.63) is 59.7 Å². The van der Waals surface area contributed by atoms with E-state index < -0.39 is 0 Å². The third kappa shape index (κ3) is 5.32. The van der Waals surface area contributed by atoms with Crippen molar-refractivity contribution in [2.45, 2.75) is 19.4 Å². The summed E-state index contributed by atoms with van der Waals surface area (Å²) in [5.41, 5.74) is 7.03. The largest absolute Gasteiger partial charge is 0.497 e. The van der Waals surface area contributed by atoms with E-state index in [2.05, 4.69) is 10.6 Å². The lowest BCUT2D eigenvalue weighted by Crippen LogP contribution is -2.29. The Kier molecular flexibility index (Phi) is 6.54. The number of carbonyl (C=O) groups excluding carboxylic acids is 2. The van der Waals surface area contributed by atoms with Crippen LogP contribution in [0.4, 0.5) is 5.69 Å². The number of hydrogen-bond donors (Lipinski definition) is 3. The molecule has 0 saturated heterocycles. The van der Waals surface area contributed by atoms with Crippen LogP contribution < -0.4 is 21.1 Å². The minimum absolute atomic E-state index is 0.0188. The molecule has 0 spiro atoms. The smallest absolute Gasteiger partial charge is 0.255 e. The Hall–Kier alpha value is -2.86. The zero-order valence-corrected chi connectivity index (χ0v) is 14.4. The summed E-state index contributed by atoms with van der Waals surface area (Å²) in [6, 6.07) is 13.7. The zero-order valence-electron chi connectivity index (χ0n) is 14.4. The average Bonchev–Trinajstić information content (AvgIpc) is 2.61. The topological polar surface area (TPSA) is 93.4 Å². The van der Waals surface area contributed by atoms with Crippen LogP contribution in [0.15, 0.2) is 48.5 Å². The number of nitrogens with one attached hydrogen (secondary N) is 2. The van der Waals surface area contributed by atoms with Crippen molar-refractivity contribution in [3.8, 4) is 5.75 Å². The molecule has 2 aromatic carbocycles. The molecule has 2 aromatic rings. The number of para-hydroxylation sites is 1. The highest BCUT2D eigenvalue weighted by atomic mass is 16.5. The number of hydrogen-bond acceptors (Lipinski definition) is 4. The lowest BCUT2D eigenvalue weighted by atomic mass is 10.1. The van der Waals surface area contributed by atoms with Crippen LogP contribution in [-0.4, -0.2) is 31.5 Å². The van der Waals surface area contributed by atoms with E-state index >= 15 is 0 Å². The summed E-state index contributed by atoms with van der Waals surface area (Å²) in [5.74, 6) is 0.134. The maximum absolute atomic E-state index is 12.4. The van der Waals surface area contributed by atoms with E-state index in [0.29, 0.717) is 35.5 Å². The van der Waals surface area contributed by atoms with Gasteiger partial charge in [-0.05, 0) is 49.7 Å². The second kappa shape index (κ2) is 8.84. The van der Waals surface area contributed by atoms with Crippen molar-refractivity contribution in [2.24, 2.45) is 5.73 Å². The van der Waals surface area contributed by atoms with Crippen molar-refractivity contribution < 1.29 is 14.3 Å². The standard InChI is InChI=1S/C19H23N3O3/c1-13(20)11-12-21-19(24)16-5-3-4-6-17(16)22-18(23)14-7-9-15(25-2)10-8-14/h3-10,13H,11-12,20H2,1-2H3,(H,21,24)(H,22,23). The van der Waals surface area contributed by atoms with Gasteiger partial charge >= 0.3 is 0 Å². The van der Waals surface area contributed by atoms with Crippen molar-refractivity contribution in [1.82, 2.24) is 5.32 Å². The number of benzene rings is 2. The van der Waals surface area contributed by atoms with Gasteiger partial charge in [0.2, 0.25) is 0 Å². The Morgan fingerprint density at radius 2 is 1.76 bits per heavy atom. The molecule has 4 N–H and O–H groups in total. The second-order valence-electron chi connectivity index (χ2n) is 5.75. The number of ether oxygens (including phenoxy) is 1. The third-order valence-electron chi connectivity index (χ3n) is 3.66. The molecule has 0 fully saturated rings. The highest BCUT2D eigenvalue weighted by Gasteiger charge is 2.14. The molecule has 0 radical (unpaired) electrons. The molecule has 6 nitrogen and oxygen atoms in total. The highest BCUT2D eigenvalue weighted by Crippen LogP contribution is 2.17. The van der Waals surface area contributed by atoms with Crippen LogP contribution in [0.25, 0.3) is 0 Å². The summed E-state index contributed by atoms with van der Waals surface area (Å²) in [6.45, 7) is 2.37. The van der Waals surface area contributed by atoms with Crippen LogP contribution in [0.3, 0.4) is 0 Å². The maximum atomic E-state index is 12.4. The van der Waals surface area contributed by atoms with Crippen LogP contribution in [0, 0.1) is 0 Å². The number of amides is 2. The zero-order chi connectivity index (χ0) is 18.2. The van der Waals surface area contributed by atoms with Gasteiger partial charge in [0.05, 0.1) is 18.4 Å². The van der Waals surface area contributed by atoms with E-state index in [1.165, 1.54) is 0 Å². The van der Waals surface area contributed by atoms with Crippen LogP contribution in [0.5, 0.6) is 5.75 Å². The Morgan fingerprint density at radius 3 is 2.40 bits per heavy atom. The first-order valence-corrected chi connectivity index (χ1v) is 8.09. The summed E-state index contributed by atoms with van der Waals surface area (Å²) in [6.07, 6.45) is 0.687. The summed E-state index contributed by atoms with van der Waals surface area (Å²) in [7, 11) is 1.56. The fourth-order valence-corrected chi connectivity index (χ4v) is 2.24. The van der Waals surface area contributed by atoms with Gasteiger partial charge in [0.15, 0.2) is 0 Å². The van der Waals surface area contributed by atoms with E-state index in [4.69, 9.17) is 10.5 Å². The number of anilines is 1. The Balaban J connectivity index is 2.08. The van der Waals surface area contributed by atoms with Crippen molar-refractivity contribution in [3.63, 3.8) is 0 Å². The van der Waals surface area contributed by atoms with E-state index in [1.54, 1.807) is 55.6 Å². The molecular weight excluding hydrogens is 318 g/mol. The molecule has 1 atom stereocenters. The SMILES string of the molecule is COc1ccc(C(=O)Nc2ccccc2C(=O)NCCC(C)N)cc1. The van der Waals surface area contributed by atoms with Gasteiger partial charge in [0, 0.05) is 18.2 Å². The van der Waals surface area contributed by atoms with Crippen LogP contribution in [0.2, 0.25) is 0 Å². The van der Waals surface area contributed by atoms with Crippen LogP contribution in [0.1, 0.15) is 34.1 Å². The first-order chi connectivity index (χ1) is 12.0.